The van der Waals surface area contributed by atoms with E-state index in [1.165, 1.54) is 12.8 Å². The molecule has 0 aliphatic heterocycles. The Hall–Kier alpha value is -1.10. The van der Waals surface area contributed by atoms with E-state index in [4.69, 9.17) is 17.3 Å². The van der Waals surface area contributed by atoms with Gasteiger partial charge in [0, 0.05) is 12.6 Å². The number of carbonyl (C=O) groups excluding carboxylic acids is 1. The van der Waals surface area contributed by atoms with Crippen LogP contribution in [-0.4, -0.2) is 37.0 Å². The lowest BCUT2D eigenvalue weighted by atomic mass is 10.1. The molecule has 0 saturated heterocycles. The number of hydrogen-bond donors (Lipinski definition) is 2. The van der Waals surface area contributed by atoms with Gasteiger partial charge in [-0.05, 0) is 37.9 Å². The lowest BCUT2D eigenvalue weighted by Crippen LogP contribution is -2.43. The summed E-state index contributed by atoms with van der Waals surface area (Å²) in [7, 11) is 1.95. The SMILES string of the molecule is CN(CC(=O)Nc1ccccc1Cl)C(CN)C1CC1. The first kappa shape index (κ1) is 14.3. The number of rotatable bonds is 6. The zero-order valence-electron chi connectivity index (χ0n) is 11.1. The molecule has 0 spiro atoms. The molecule has 2 rings (SSSR count). The van der Waals surface area contributed by atoms with Crippen molar-refractivity contribution in [3.05, 3.63) is 29.3 Å². The predicted molar refractivity (Wildman–Crippen MR) is 78.3 cm³/mol. The summed E-state index contributed by atoms with van der Waals surface area (Å²) in [4.78, 5) is 14.0. The van der Waals surface area contributed by atoms with Crippen molar-refractivity contribution in [1.29, 1.82) is 0 Å². The zero-order valence-corrected chi connectivity index (χ0v) is 11.9. The molecule has 4 nitrogen and oxygen atoms in total. The van der Waals surface area contributed by atoms with Crippen LogP contribution in [0.25, 0.3) is 0 Å². The first-order chi connectivity index (χ1) is 9.11. The maximum Gasteiger partial charge on any atom is 0.238 e. The summed E-state index contributed by atoms with van der Waals surface area (Å²) in [6, 6.07) is 7.53. The summed E-state index contributed by atoms with van der Waals surface area (Å²) >= 11 is 6.01. The molecule has 1 aliphatic rings. The van der Waals surface area contributed by atoms with Gasteiger partial charge in [0.15, 0.2) is 0 Å². The summed E-state index contributed by atoms with van der Waals surface area (Å²) in [6.45, 7) is 0.935. The second kappa shape index (κ2) is 6.37. The van der Waals surface area contributed by atoms with E-state index >= 15 is 0 Å². The van der Waals surface area contributed by atoms with E-state index in [9.17, 15) is 4.79 Å². The number of halogens is 1. The molecule has 1 amide bonds. The second-order valence-electron chi connectivity index (χ2n) is 5.08. The van der Waals surface area contributed by atoms with Gasteiger partial charge in [0.2, 0.25) is 5.91 Å². The van der Waals surface area contributed by atoms with Gasteiger partial charge in [0.25, 0.3) is 0 Å². The van der Waals surface area contributed by atoms with Gasteiger partial charge in [0.05, 0.1) is 17.3 Å². The highest BCUT2D eigenvalue weighted by Crippen LogP contribution is 2.34. The molecule has 0 radical (unpaired) electrons. The van der Waals surface area contributed by atoms with Crippen molar-refractivity contribution in [2.75, 3.05) is 25.5 Å². The van der Waals surface area contributed by atoms with E-state index < -0.39 is 0 Å². The topological polar surface area (TPSA) is 58.4 Å². The van der Waals surface area contributed by atoms with Crippen molar-refractivity contribution in [2.24, 2.45) is 11.7 Å². The highest BCUT2D eigenvalue weighted by Gasteiger charge is 2.33. The van der Waals surface area contributed by atoms with Crippen molar-refractivity contribution < 1.29 is 4.79 Å². The van der Waals surface area contributed by atoms with Crippen molar-refractivity contribution >= 4 is 23.2 Å². The number of carbonyl (C=O) groups is 1. The Balaban J connectivity index is 1.88. The Kier molecular flexibility index (Phi) is 4.80. The molecule has 104 valence electrons. The van der Waals surface area contributed by atoms with Crippen LogP contribution in [0.3, 0.4) is 0 Å². The number of nitrogens with two attached hydrogens (primary N) is 1. The number of hydrogen-bond acceptors (Lipinski definition) is 3. The van der Waals surface area contributed by atoms with E-state index in [0.29, 0.717) is 35.8 Å². The van der Waals surface area contributed by atoms with Gasteiger partial charge in [-0.3, -0.25) is 9.69 Å². The maximum absolute atomic E-state index is 12.0. The molecular formula is C14H20ClN3O. The predicted octanol–water partition coefficient (Wildman–Crippen LogP) is 1.95. The van der Waals surface area contributed by atoms with Crippen LogP contribution in [-0.2, 0) is 4.79 Å². The van der Waals surface area contributed by atoms with Crippen molar-refractivity contribution in [3.63, 3.8) is 0 Å². The van der Waals surface area contributed by atoms with Crippen LogP contribution in [0.1, 0.15) is 12.8 Å². The highest BCUT2D eigenvalue weighted by molar-refractivity contribution is 6.33. The van der Waals surface area contributed by atoms with Crippen molar-refractivity contribution in [3.8, 4) is 0 Å². The number of amides is 1. The second-order valence-corrected chi connectivity index (χ2v) is 5.49. The Labute approximate surface area is 118 Å². The molecule has 0 aromatic heterocycles. The largest absolute Gasteiger partial charge is 0.329 e. The summed E-state index contributed by atoms with van der Waals surface area (Å²) < 4.78 is 0. The Morgan fingerprint density at radius 2 is 2.21 bits per heavy atom. The Morgan fingerprint density at radius 1 is 1.53 bits per heavy atom. The van der Waals surface area contributed by atoms with Gasteiger partial charge >= 0.3 is 0 Å². The van der Waals surface area contributed by atoms with Crippen LogP contribution in [0.5, 0.6) is 0 Å². The van der Waals surface area contributed by atoms with E-state index in [0.717, 1.165) is 0 Å². The van der Waals surface area contributed by atoms with E-state index in [2.05, 4.69) is 5.32 Å². The molecule has 5 heteroatoms. The van der Waals surface area contributed by atoms with E-state index in [-0.39, 0.29) is 5.91 Å². The highest BCUT2D eigenvalue weighted by atomic mass is 35.5. The molecule has 1 aliphatic carbocycles. The zero-order chi connectivity index (χ0) is 13.8. The molecule has 1 aromatic rings. The van der Waals surface area contributed by atoms with Crippen LogP contribution >= 0.6 is 11.6 Å². The van der Waals surface area contributed by atoms with Crippen LogP contribution in [0.15, 0.2) is 24.3 Å². The molecule has 1 fully saturated rings. The van der Waals surface area contributed by atoms with Gasteiger partial charge in [-0.15, -0.1) is 0 Å². The van der Waals surface area contributed by atoms with Gasteiger partial charge in [-0.2, -0.15) is 0 Å². The van der Waals surface area contributed by atoms with Crippen LogP contribution in [0, 0.1) is 5.92 Å². The van der Waals surface area contributed by atoms with Gasteiger partial charge in [-0.1, -0.05) is 23.7 Å². The summed E-state index contributed by atoms with van der Waals surface area (Å²) in [5, 5.41) is 3.38. The van der Waals surface area contributed by atoms with Crippen molar-refractivity contribution in [2.45, 2.75) is 18.9 Å². The lowest BCUT2D eigenvalue weighted by Gasteiger charge is -2.26. The maximum atomic E-state index is 12.0. The molecule has 1 atom stereocenters. The number of nitrogens with one attached hydrogen (secondary N) is 1. The quantitative estimate of drug-likeness (QED) is 0.838. The fourth-order valence-electron chi connectivity index (χ4n) is 2.31. The summed E-state index contributed by atoms with van der Waals surface area (Å²) in [6.07, 6.45) is 2.44. The van der Waals surface area contributed by atoms with Crippen LogP contribution < -0.4 is 11.1 Å². The minimum atomic E-state index is -0.0605. The number of anilines is 1. The average molecular weight is 282 g/mol. The van der Waals surface area contributed by atoms with E-state index in [1.54, 1.807) is 12.1 Å². The summed E-state index contributed by atoms with van der Waals surface area (Å²) in [5.74, 6) is 0.595. The number of para-hydroxylation sites is 1. The Morgan fingerprint density at radius 3 is 2.79 bits per heavy atom. The van der Waals surface area contributed by atoms with Gasteiger partial charge < -0.3 is 11.1 Å². The third-order valence-electron chi connectivity index (χ3n) is 3.51. The van der Waals surface area contributed by atoms with Gasteiger partial charge in [0.1, 0.15) is 0 Å². The molecule has 1 unspecified atom stereocenters. The first-order valence-electron chi connectivity index (χ1n) is 6.56. The fourth-order valence-corrected chi connectivity index (χ4v) is 2.49. The number of benzene rings is 1. The van der Waals surface area contributed by atoms with Crippen molar-refractivity contribution in [1.82, 2.24) is 4.90 Å². The first-order valence-corrected chi connectivity index (χ1v) is 6.94. The standard InChI is InChI=1S/C14H20ClN3O/c1-18(13(8-16)10-6-7-10)9-14(19)17-12-5-3-2-4-11(12)15/h2-5,10,13H,6-9,16H2,1H3,(H,17,19). The molecule has 19 heavy (non-hydrogen) atoms. The monoisotopic (exact) mass is 281 g/mol. The minimum Gasteiger partial charge on any atom is -0.329 e. The Bertz CT molecular complexity index is 448. The molecule has 0 heterocycles. The lowest BCUT2D eigenvalue weighted by molar-refractivity contribution is -0.117. The summed E-state index contributed by atoms with van der Waals surface area (Å²) in [5.41, 5.74) is 6.42. The molecular weight excluding hydrogens is 262 g/mol. The average Bonchev–Trinajstić information content (AvgIpc) is 3.17. The molecule has 1 saturated carbocycles. The van der Waals surface area contributed by atoms with Crippen LogP contribution in [0.4, 0.5) is 5.69 Å². The van der Waals surface area contributed by atoms with Crippen LogP contribution in [0.2, 0.25) is 5.02 Å². The minimum absolute atomic E-state index is 0.0605. The van der Waals surface area contributed by atoms with Gasteiger partial charge in [-0.25, -0.2) is 0 Å². The fraction of sp³-hybridized carbons (Fsp3) is 0.500. The number of nitrogens with zero attached hydrogens (tertiary/aromatic N) is 1. The normalized spacial score (nSPS) is 16.4. The third-order valence-corrected chi connectivity index (χ3v) is 3.84. The molecule has 1 aromatic carbocycles. The number of likely N-dealkylation sites (N-methyl/N-ethyl adjacent to an activating group) is 1. The molecule has 0 bridgehead atoms. The molecule has 3 N–H and O–H groups in total. The third kappa shape index (κ3) is 3.93. The smallest absolute Gasteiger partial charge is 0.238 e. The van der Waals surface area contributed by atoms with E-state index in [1.807, 2.05) is 24.1 Å².